The van der Waals surface area contributed by atoms with Gasteiger partial charge in [-0.2, -0.15) is 10.1 Å². The second kappa shape index (κ2) is 8.49. The number of rotatable bonds is 7. The van der Waals surface area contributed by atoms with Gasteiger partial charge in [0.2, 0.25) is 5.95 Å². The molecule has 0 radical (unpaired) electrons. The molecule has 0 fully saturated rings. The van der Waals surface area contributed by atoms with E-state index in [-0.39, 0.29) is 5.41 Å². The van der Waals surface area contributed by atoms with E-state index in [0.717, 1.165) is 17.1 Å². The zero-order chi connectivity index (χ0) is 19.1. The predicted octanol–water partition coefficient (Wildman–Crippen LogP) is 4.31. The van der Waals surface area contributed by atoms with Gasteiger partial charge in [0.15, 0.2) is 0 Å². The Morgan fingerprint density at radius 1 is 0.926 bits per heavy atom. The van der Waals surface area contributed by atoms with Crippen molar-refractivity contribution in [1.29, 1.82) is 0 Å². The Labute approximate surface area is 159 Å². The summed E-state index contributed by atoms with van der Waals surface area (Å²) in [6.07, 6.45) is 3.14. The van der Waals surface area contributed by atoms with Crippen molar-refractivity contribution in [3.63, 3.8) is 0 Å². The lowest BCUT2D eigenvalue weighted by molar-refractivity contribution is 0.217. The summed E-state index contributed by atoms with van der Waals surface area (Å²) in [6, 6.07) is 15.9. The first-order chi connectivity index (χ1) is 13.0. The topological polar surface area (TPSA) is 72.4 Å². The van der Waals surface area contributed by atoms with Crippen molar-refractivity contribution in [2.75, 3.05) is 13.2 Å². The lowest BCUT2D eigenvalue weighted by Crippen LogP contribution is -2.11. The normalized spacial score (nSPS) is 11.7. The highest BCUT2D eigenvalue weighted by atomic mass is 16.5. The highest BCUT2D eigenvalue weighted by Gasteiger charge is 2.12. The van der Waals surface area contributed by atoms with Crippen LogP contribution in [-0.4, -0.2) is 34.6 Å². The van der Waals surface area contributed by atoms with Gasteiger partial charge in [0, 0.05) is 6.21 Å². The first kappa shape index (κ1) is 18.6. The van der Waals surface area contributed by atoms with E-state index in [1.54, 1.807) is 6.21 Å². The summed E-state index contributed by atoms with van der Waals surface area (Å²) in [6.45, 7) is 7.56. The number of benzene rings is 2. The summed E-state index contributed by atoms with van der Waals surface area (Å²) < 4.78 is 11.4. The average molecular weight is 364 g/mol. The first-order valence-corrected chi connectivity index (χ1v) is 8.86. The van der Waals surface area contributed by atoms with Gasteiger partial charge in [-0.3, -0.25) is 0 Å². The highest BCUT2D eigenvalue weighted by Crippen LogP contribution is 2.24. The van der Waals surface area contributed by atoms with E-state index in [2.05, 4.69) is 53.1 Å². The Morgan fingerprint density at radius 2 is 1.52 bits per heavy atom. The number of nitrogens with one attached hydrogen (secondary N) is 1. The fourth-order valence-corrected chi connectivity index (χ4v) is 2.42. The molecule has 3 aromatic rings. The van der Waals surface area contributed by atoms with Gasteiger partial charge >= 0.3 is 0 Å². The molecular formula is C21H24N4O2. The Morgan fingerprint density at radius 3 is 2.04 bits per heavy atom. The zero-order valence-electron chi connectivity index (χ0n) is 15.8. The molecule has 0 spiro atoms. The number of hydrogen-bond donors (Lipinski definition) is 1. The second-order valence-electron chi connectivity index (χ2n) is 7.11. The van der Waals surface area contributed by atoms with Crippen LogP contribution in [0, 0.1) is 0 Å². The van der Waals surface area contributed by atoms with Crippen LogP contribution < -0.4 is 9.47 Å². The number of hydrogen-bond acceptors (Lipinski definition) is 5. The van der Waals surface area contributed by atoms with E-state index in [1.807, 2.05) is 36.4 Å². The highest BCUT2D eigenvalue weighted by molar-refractivity contribution is 5.81. The van der Waals surface area contributed by atoms with Crippen molar-refractivity contribution >= 4 is 12.2 Å². The van der Waals surface area contributed by atoms with Crippen molar-refractivity contribution in [3.8, 4) is 11.5 Å². The van der Waals surface area contributed by atoms with Crippen LogP contribution in [0.15, 0.2) is 59.9 Å². The van der Waals surface area contributed by atoms with Crippen molar-refractivity contribution in [2.45, 2.75) is 26.2 Å². The number of aromatic nitrogens is 3. The van der Waals surface area contributed by atoms with Crippen molar-refractivity contribution in [1.82, 2.24) is 15.2 Å². The minimum absolute atomic E-state index is 0.146. The molecule has 0 aliphatic rings. The summed E-state index contributed by atoms with van der Waals surface area (Å²) in [4.78, 5) is 8.12. The molecule has 27 heavy (non-hydrogen) atoms. The summed E-state index contributed by atoms with van der Waals surface area (Å²) in [7, 11) is 0. The Balaban J connectivity index is 1.42. The van der Waals surface area contributed by atoms with Gasteiger partial charge < -0.3 is 9.47 Å². The molecule has 0 amide bonds. The van der Waals surface area contributed by atoms with Gasteiger partial charge in [-0.05, 0) is 52.9 Å². The molecule has 1 aromatic heterocycles. The molecule has 0 unspecified atom stereocenters. The summed E-state index contributed by atoms with van der Waals surface area (Å²) in [5, 5.41) is 6.42. The van der Waals surface area contributed by atoms with Gasteiger partial charge in [-0.25, -0.2) is 10.1 Å². The Hall–Kier alpha value is -3.15. The molecule has 6 nitrogen and oxygen atoms in total. The molecule has 0 aliphatic heterocycles. The van der Waals surface area contributed by atoms with Crippen LogP contribution in [-0.2, 0) is 5.41 Å². The van der Waals surface area contributed by atoms with E-state index in [4.69, 9.17) is 9.47 Å². The second-order valence-corrected chi connectivity index (χ2v) is 7.11. The number of ether oxygens (including phenoxy) is 2. The third-order valence-corrected chi connectivity index (χ3v) is 3.96. The number of nitrogens with zero attached hydrogens (tertiary/aromatic N) is 3. The molecular weight excluding hydrogens is 340 g/mol. The summed E-state index contributed by atoms with van der Waals surface area (Å²) in [5.74, 6) is 2.12. The van der Waals surface area contributed by atoms with Gasteiger partial charge in [-0.15, -0.1) is 0 Å². The Kier molecular flexibility index (Phi) is 5.86. The predicted molar refractivity (Wildman–Crippen MR) is 106 cm³/mol. The molecule has 0 saturated heterocycles. The lowest BCUT2D eigenvalue weighted by Gasteiger charge is -2.19. The maximum Gasteiger partial charge on any atom is 0.245 e. The minimum Gasteiger partial charge on any atom is -0.490 e. The first-order valence-electron chi connectivity index (χ1n) is 8.86. The van der Waals surface area contributed by atoms with Crippen LogP contribution in [0.5, 0.6) is 11.5 Å². The summed E-state index contributed by atoms with van der Waals surface area (Å²) in [5.41, 5.74) is 2.39. The zero-order valence-corrected chi connectivity index (χ0v) is 15.8. The fourth-order valence-electron chi connectivity index (χ4n) is 2.42. The number of H-pyrrole nitrogens is 1. The van der Waals surface area contributed by atoms with Gasteiger partial charge in [-0.1, -0.05) is 32.9 Å². The third kappa shape index (κ3) is 5.67. The van der Waals surface area contributed by atoms with Gasteiger partial charge in [0.25, 0.3) is 0 Å². The molecule has 3 rings (SSSR count). The number of aliphatic imine (C=N–C) groups is 1. The Bertz CT molecular complexity index is 849. The van der Waals surface area contributed by atoms with Gasteiger partial charge in [0.1, 0.15) is 31.0 Å². The maximum absolute atomic E-state index is 5.74. The van der Waals surface area contributed by atoms with Crippen LogP contribution in [0.2, 0.25) is 0 Å². The van der Waals surface area contributed by atoms with Crippen LogP contribution >= 0.6 is 0 Å². The lowest BCUT2D eigenvalue weighted by atomic mass is 9.87. The fraction of sp³-hybridized carbons (Fsp3) is 0.286. The molecule has 140 valence electrons. The third-order valence-electron chi connectivity index (χ3n) is 3.96. The average Bonchev–Trinajstić information content (AvgIpc) is 3.18. The molecule has 0 saturated carbocycles. The van der Waals surface area contributed by atoms with Crippen molar-refractivity contribution in [3.05, 3.63) is 66.0 Å². The summed E-state index contributed by atoms with van der Waals surface area (Å²) >= 11 is 0. The van der Waals surface area contributed by atoms with E-state index < -0.39 is 0 Å². The van der Waals surface area contributed by atoms with Crippen molar-refractivity contribution < 1.29 is 9.47 Å². The minimum atomic E-state index is 0.146. The standard InChI is InChI=1S/C21H24N4O2/c1-21(2,3)17-6-10-19(11-7-17)27-13-12-26-18-8-4-16(5-9-18)14-22-20-23-15-24-25-20/h4-11,14-15H,12-13H2,1-3H3,(H,23,24,25)/b22-14+. The maximum atomic E-state index is 5.74. The molecule has 0 aliphatic carbocycles. The quantitative estimate of drug-likeness (QED) is 0.501. The molecule has 0 bridgehead atoms. The van der Waals surface area contributed by atoms with E-state index in [0.29, 0.717) is 19.2 Å². The van der Waals surface area contributed by atoms with E-state index in [1.165, 1.54) is 11.9 Å². The smallest absolute Gasteiger partial charge is 0.245 e. The SMILES string of the molecule is CC(C)(C)c1ccc(OCCOc2ccc(/C=N/c3ncn[nH]3)cc2)cc1. The van der Waals surface area contributed by atoms with Gasteiger partial charge in [0.05, 0.1) is 0 Å². The molecule has 2 aromatic carbocycles. The van der Waals surface area contributed by atoms with Crippen LogP contribution in [0.4, 0.5) is 5.95 Å². The largest absolute Gasteiger partial charge is 0.490 e. The monoisotopic (exact) mass is 364 g/mol. The molecule has 1 heterocycles. The molecule has 6 heteroatoms. The number of aromatic amines is 1. The van der Waals surface area contributed by atoms with Crippen LogP contribution in [0.25, 0.3) is 0 Å². The molecule has 0 atom stereocenters. The van der Waals surface area contributed by atoms with Crippen LogP contribution in [0.1, 0.15) is 31.9 Å². The van der Waals surface area contributed by atoms with E-state index >= 15 is 0 Å². The van der Waals surface area contributed by atoms with Crippen LogP contribution in [0.3, 0.4) is 0 Å². The van der Waals surface area contributed by atoms with Crippen molar-refractivity contribution in [2.24, 2.45) is 4.99 Å². The van der Waals surface area contributed by atoms with E-state index in [9.17, 15) is 0 Å². The molecule has 1 N–H and O–H groups in total.